The predicted octanol–water partition coefficient (Wildman–Crippen LogP) is 4.62. The van der Waals surface area contributed by atoms with E-state index in [1.54, 1.807) is 0 Å². The van der Waals surface area contributed by atoms with Gasteiger partial charge in [0.1, 0.15) is 5.60 Å². The van der Waals surface area contributed by atoms with E-state index in [-0.39, 0.29) is 6.09 Å². The largest absolute Gasteiger partial charge is 0.444 e. The molecule has 0 aliphatic carbocycles. The Labute approximate surface area is 140 Å². The highest BCUT2D eigenvalue weighted by Gasteiger charge is 2.27. The Morgan fingerprint density at radius 3 is 2.39 bits per heavy atom. The van der Waals surface area contributed by atoms with Crippen LogP contribution in [-0.2, 0) is 4.74 Å². The fraction of sp³-hybridized carbons (Fsp3) is 0.632. The molecule has 0 aromatic heterocycles. The van der Waals surface area contributed by atoms with Crippen molar-refractivity contribution < 1.29 is 9.53 Å². The van der Waals surface area contributed by atoms with Gasteiger partial charge in [0.15, 0.2) is 0 Å². The number of anilines is 1. The first-order valence-corrected chi connectivity index (χ1v) is 8.59. The average molecular weight is 318 g/mol. The van der Waals surface area contributed by atoms with Gasteiger partial charge in [0.2, 0.25) is 0 Å². The van der Waals surface area contributed by atoms with Crippen LogP contribution in [0.2, 0.25) is 0 Å². The van der Waals surface area contributed by atoms with Crippen molar-refractivity contribution in [2.24, 2.45) is 0 Å². The number of hydrogen-bond donors (Lipinski definition) is 1. The number of ether oxygens (including phenoxy) is 1. The van der Waals surface area contributed by atoms with Gasteiger partial charge in [0, 0.05) is 24.8 Å². The highest BCUT2D eigenvalue weighted by atomic mass is 16.6. The second-order valence-electron chi connectivity index (χ2n) is 7.63. The van der Waals surface area contributed by atoms with Gasteiger partial charge >= 0.3 is 6.09 Å². The van der Waals surface area contributed by atoms with Crippen molar-refractivity contribution in [1.82, 2.24) is 4.90 Å². The highest BCUT2D eigenvalue weighted by molar-refractivity contribution is 5.68. The third kappa shape index (κ3) is 5.15. The van der Waals surface area contributed by atoms with Gasteiger partial charge in [-0.2, -0.15) is 0 Å². The van der Waals surface area contributed by atoms with Crippen LogP contribution >= 0.6 is 0 Å². The zero-order valence-corrected chi connectivity index (χ0v) is 15.1. The average Bonchev–Trinajstić information content (AvgIpc) is 2.46. The van der Waals surface area contributed by atoms with E-state index >= 15 is 0 Å². The molecular formula is C19H30N2O2. The number of benzene rings is 1. The molecule has 0 saturated carbocycles. The molecule has 0 unspecified atom stereocenters. The minimum absolute atomic E-state index is 0.196. The molecule has 23 heavy (non-hydrogen) atoms. The highest BCUT2D eigenvalue weighted by Crippen LogP contribution is 2.26. The van der Waals surface area contributed by atoms with E-state index in [0.29, 0.717) is 12.0 Å². The maximum Gasteiger partial charge on any atom is 0.410 e. The van der Waals surface area contributed by atoms with E-state index in [2.05, 4.69) is 43.4 Å². The fourth-order valence-electron chi connectivity index (χ4n) is 2.88. The van der Waals surface area contributed by atoms with Gasteiger partial charge in [-0.05, 0) is 51.2 Å². The summed E-state index contributed by atoms with van der Waals surface area (Å²) in [6.07, 6.45) is 1.70. The maximum absolute atomic E-state index is 12.1. The Morgan fingerprint density at radius 2 is 1.83 bits per heavy atom. The van der Waals surface area contributed by atoms with Crippen LogP contribution in [0.3, 0.4) is 0 Å². The molecule has 4 heteroatoms. The number of carbonyl (C=O) groups excluding carboxylic acids is 1. The summed E-state index contributed by atoms with van der Waals surface area (Å²) in [4.78, 5) is 13.9. The minimum atomic E-state index is -0.428. The summed E-state index contributed by atoms with van der Waals surface area (Å²) in [5, 5.41) is 3.66. The monoisotopic (exact) mass is 318 g/mol. The third-order valence-corrected chi connectivity index (χ3v) is 4.09. The molecule has 0 spiro atoms. The molecule has 1 aliphatic rings. The lowest BCUT2D eigenvalue weighted by molar-refractivity contribution is 0.0210. The first-order valence-electron chi connectivity index (χ1n) is 8.59. The topological polar surface area (TPSA) is 41.6 Å². The molecule has 0 radical (unpaired) electrons. The lowest BCUT2D eigenvalue weighted by Crippen LogP contribution is -2.44. The number of carbonyl (C=O) groups is 1. The van der Waals surface area contributed by atoms with Crippen LogP contribution in [-0.4, -0.2) is 35.7 Å². The summed E-state index contributed by atoms with van der Waals surface area (Å²) in [7, 11) is 0. The predicted molar refractivity (Wildman–Crippen MR) is 95.0 cm³/mol. The second kappa shape index (κ2) is 7.24. The SMILES string of the molecule is CC(C)c1ccccc1NC1CCN(C(=O)OC(C)(C)C)CC1. The lowest BCUT2D eigenvalue weighted by Gasteiger charge is -2.34. The van der Waals surface area contributed by atoms with Crippen molar-refractivity contribution in [3.8, 4) is 0 Å². The fourth-order valence-corrected chi connectivity index (χ4v) is 2.88. The van der Waals surface area contributed by atoms with Gasteiger partial charge in [0.25, 0.3) is 0 Å². The molecule has 2 rings (SSSR count). The zero-order valence-electron chi connectivity index (χ0n) is 15.1. The van der Waals surface area contributed by atoms with Crippen molar-refractivity contribution in [2.45, 2.75) is 65.0 Å². The van der Waals surface area contributed by atoms with Gasteiger partial charge in [-0.25, -0.2) is 4.79 Å². The van der Waals surface area contributed by atoms with Gasteiger partial charge in [-0.1, -0.05) is 32.0 Å². The minimum Gasteiger partial charge on any atom is -0.444 e. The van der Waals surface area contributed by atoms with Gasteiger partial charge in [-0.3, -0.25) is 0 Å². The molecule has 4 nitrogen and oxygen atoms in total. The first-order chi connectivity index (χ1) is 10.8. The third-order valence-electron chi connectivity index (χ3n) is 4.09. The van der Waals surface area contributed by atoms with Gasteiger partial charge in [-0.15, -0.1) is 0 Å². The molecule has 1 aromatic rings. The lowest BCUT2D eigenvalue weighted by atomic mass is 9.99. The van der Waals surface area contributed by atoms with Crippen LogP contribution < -0.4 is 5.32 Å². The quantitative estimate of drug-likeness (QED) is 0.884. The molecule has 1 N–H and O–H groups in total. The van der Waals surface area contributed by atoms with Crippen LogP contribution in [0.15, 0.2) is 24.3 Å². The summed E-state index contributed by atoms with van der Waals surface area (Å²) < 4.78 is 5.45. The van der Waals surface area contributed by atoms with Crippen molar-refractivity contribution in [1.29, 1.82) is 0 Å². The van der Waals surface area contributed by atoms with Gasteiger partial charge < -0.3 is 15.0 Å². The van der Waals surface area contributed by atoms with E-state index in [1.807, 2.05) is 25.7 Å². The summed E-state index contributed by atoms with van der Waals surface area (Å²) in [5.74, 6) is 0.501. The molecule has 1 aliphatic heterocycles. The summed E-state index contributed by atoms with van der Waals surface area (Å²) in [6.45, 7) is 11.6. The smallest absolute Gasteiger partial charge is 0.410 e. The first kappa shape index (κ1) is 17.6. The normalized spacial score (nSPS) is 16.5. The number of nitrogens with zero attached hydrogens (tertiary/aromatic N) is 1. The number of likely N-dealkylation sites (tertiary alicyclic amines) is 1. The standard InChI is InChI=1S/C19H30N2O2/c1-14(2)16-8-6-7-9-17(16)20-15-10-12-21(13-11-15)18(22)23-19(3,4)5/h6-9,14-15,20H,10-13H2,1-5H3. The van der Waals surface area contributed by atoms with Crippen molar-refractivity contribution in [3.63, 3.8) is 0 Å². The number of amides is 1. The Morgan fingerprint density at radius 1 is 1.22 bits per heavy atom. The van der Waals surface area contributed by atoms with Crippen LogP contribution in [0.5, 0.6) is 0 Å². The van der Waals surface area contributed by atoms with Crippen molar-refractivity contribution in [3.05, 3.63) is 29.8 Å². The van der Waals surface area contributed by atoms with Crippen LogP contribution in [0.1, 0.15) is 58.9 Å². The number of para-hydroxylation sites is 1. The van der Waals surface area contributed by atoms with E-state index in [1.165, 1.54) is 11.3 Å². The Balaban J connectivity index is 1.89. The van der Waals surface area contributed by atoms with Crippen LogP contribution in [0, 0.1) is 0 Å². The molecule has 1 amide bonds. The molecule has 1 fully saturated rings. The Bertz CT molecular complexity index is 526. The molecule has 1 aromatic carbocycles. The molecule has 0 atom stereocenters. The maximum atomic E-state index is 12.1. The van der Waals surface area contributed by atoms with Crippen molar-refractivity contribution in [2.75, 3.05) is 18.4 Å². The summed E-state index contributed by atoms with van der Waals surface area (Å²) in [5.41, 5.74) is 2.14. The molecule has 1 heterocycles. The molecule has 128 valence electrons. The Kier molecular flexibility index (Phi) is 5.55. The van der Waals surface area contributed by atoms with E-state index < -0.39 is 5.60 Å². The van der Waals surface area contributed by atoms with Crippen molar-refractivity contribution >= 4 is 11.8 Å². The van der Waals surface area contributed by atoms with Gasteiger partial charge in [0.05, 0.1) is 0 Å². The molecular weight excluding hydrogens is 288 g/mol. The summed E-state index contributed by atoms with van der Waals surface area (Å²) >= 11 is 0. The van der Waals surface area contributed by atoms with Crippen LogP contribution in [0.4, 0.5) is 10.5 Å². The Hall–Kier alpha value is -1.71. The zero-order chi connectivity index (χ0) is 17.0. The van der Waals surface area contributed by atoms with E-state index in [0.717, 1.165) is 25.9 Å². The summed E-state index contributed by atoms with van der Waals surface area (Å²) in [6, 6.07) is 8.90. The number of piperidine rings is 1. The van der Waals surface area contributed by atoms with E-state index in [9.17, 15) is 4.79 Å². The second-order valence-corrected chi connectivity index (χ2v) is 7.63. The number of rotatable bonds is 3. The van der Waals surface area contributed by atoms with Crippen LogP contribution in [0.25, 0.3) is 0 Å². The number of hydrogen-bond acceptors (Lipinski definition) is 3. The molecule has 0 bridgehead atoms. The molecule has 1 saturated heterocycles. The number of nitrogens with one attached hydrogen (secondary N) is 1. The van der Waals surface area contributed by atoms with E-state index in [4.69, 9.17) is 4.74 Å².